The second kappa shape index (κ2) is 5.89. The van der Waals surface area contributed by atoms with Crippen molar-refractivity contribution in [3.8, 4) is 0 Å². The van der Waals surface area contributed by atoms with Gasteiger partial charge in [0.1, 0.15) is 0 Å². The zero-order valence-electron chi connectivity index (χ0n) is 8.47. The van der Waals surface area contributed by atoms with Gasteiger partial charge in [-0.15, -0.1) is 0 Å². The van der Waals surface area contributed by atoms with Crippen molar-refractivity contribution in [3.63, 3.8) is 0 Å². The van der Waals surface area contributed by atoms with Crippen molar-refractivity contribution in [1.29, 1.82) is 0 Å². The van der Waals surface area contributed by atoms with E-state index in [0.29, 0.717) is 6.98 Å². The minimum Gasteiger partial charge on any atom is -0.378 e. The zero-order valence-corrected chi connectivity index (χ0v) is 8.47. The normalized spacial score (nSPS) is 22.4. The van der Waals surface area contributed by atoms with Gasteiger partial charge in [0, 0.05) is 0 Å². The van der Waals surface area contributed by atoms with E-state index in [0.717, 1.165) is 50.6 Å². The molecule has 12 heteroatoms. The molecule has 2 saturated heterocycles. The summed E-state index contributed by atoms with van der Waals surface area (Å²) in [4.78, 5) is 0. The molecule has 0 saturated carbocycles. The van der Waals surface area contributed by atoms with Crippen LogP contribution in [-0.2, 0) is 0 Å². The van der Waals surface area contributed by atoms with Crippen molar-refractivity contribution in [1.82, 2.24) is 30.4 Å². The molecule has 2 aliphatic rings. The Morgan fingerprint density at radius 1 is 0.929 bits per heavy atom. The van der Waals surface area contributed by atoms with Crippen molar-refractivity contribution < 1.29 is 0 Å². The van der Waals surface area contributed by atoms with Crippen molar-refractivity contribution in [2.45, 2.75) is 6.32 Å². The molecule has 0 aliphatic carbocycles. The van der Waals surface area contributed by atoms with Crippen LogP contribution in [0.25, 0.3) is 0 Å². The number of nitrogens with zero attached hydrogens (tertiary/aromatic N) is 1. The van der Waals surface area contributed by atoms with Crippen molar-refractivity contribution in [2.75, 3.05) is 6.54 Å². The van der Waals surface area contributed by atoms with Crippen LogP contribution >= 0.6 is 0 Å². The molecule has 2 rings (SSSR count). The number of hydrogen-bond acceptors (Lipinski definition) is 6. The van der Waals surface area contributed by atoms with Crippen molar-refractivity contribution in [3.05, 3.63) is 0 Å². The maximum atomic E-state index is 3.37. The molecule has 0 radical (unpaired) electrons. The van der Waals surface area contributed by atoms with Crippen LogP contribution in [0.1, 0.15) is 0 Å². The zero-order chi connectivity index (χ0) is 9.64. The fourth-order valence-corrected chi connectivity index (χ4v) is 1.77. The van der Waals surface area contributed by atoms with E-state index >= 15 is 0 Å². The lowest BCUT2D eigenvalue weighted by atomic mass is 9.62. The fraction of sp³-hybridized carbons (Fsp3) is 1.00. The maximum absolute atomic E-state index is 3.37. The summed E-state index contributed by atoms with van der Waals surface area (Å²) in [5, 5.41) is 16.5. The second-order valence-electron chi connectivity index (χ2n) is 3.74. The third-order valence-corrected chi connectivity index (χ3v) is 2.60. The molecular formula is C2H14B6N6. The smallest absolute Gasteiger partial charge is 0.285 e. The van der Waals surface area contributed by atoms with Gasteiger partial charge in [-0.25, -0.2) is 0 Å². The fourth-order valence-electron chi connectivity index (χ4n) is 1.77. The first-order valence-corrected chi connectivity index (χ1v) is 5.26. The van der Waals surface area contributed by atoms with Crippen molar-refractivity contribution >= 4 is 44.7 Å². The standard InChI is InChI=1S/C2H14B6N6/c1(8-12-4-9-5-13-8)2-14-6-10-3-11-7-14/h3-7,9-13H,1-2H2. The average Bonchev–Trinajstić information content (AvgIpc) is 2.29. The lowest BCUT2D eigenvalue weighted by Crippen LogP contribution is -2.65. The minimum atomic E-state index is 0.457. The van der Waals surface area contributed by atoms with Crippen LogP contribution in [0.5, 0.6) is 0 Å². The molecule has 0 aromatic rings. The van der Waals surface area contributed by atoms with Crippen molar-refractivity contribution in [2.24, 2.45) is 0 Å². The third-order valence-electron chi connectivity index (χ3n) is 2.60. The molecule has 0 spiro atoms. The van der Waals surface area contributed by atoms with Crippen LogP contribution in [0, 0.1) is 0 Å². The van der Waals surface area contributed by atoms with E-state index in [4.69, 9.17) is 0 Å². The number of rotatable bonds is 3. The lowest BCUT2D eigenvalue weighted by Gasteiger charge is -2.28. The van der Waals surface area contributed by atoms with Gasteiger partial charge in [0.15, 0.2) is 0 Å². The highest BCUT2D eigenvalue weighted by Crippen LogP contribution is 1.90. The Kier molecular flexibility index (Phi) is 4.49. The van der Waals surface area contributed by atoms with E-state index in [2.05, 4.69) is 30.4 Å². The summed E-state index contributed by atoms with van der Waals surface area (Å²) < 4.78 is 2.37. The molecule has 0 unspecified atom stereocenters. The first kappa shape index (κ1) is 10.7. The highest BCUT2D eigenvalue weighted by atomic mass is 15.1. The quantitative estimate of drug-likeness (QED) is 0.284. The Balaban J connectivity index is 1.60. The van der Waals surface area contributed by atoms with Crippen LogP contribution in [0.15, 0.2) is 0 Å². The van der Waals surface area contributed by atoms with Gasteiger partial charge in [-0.2, -0.15) is 0 Å². The van der Waals surface area contributed by atoms with E-state index in [1.807, 2.05) is 0 Å². The molecule has 0 aromatic carbocycles. The largest absolute Gasteiger partial charge is 0.378 e. The van der Waals surface area contributed by atoms with Crippen LogP contribution < -0.4 is 25.7 Å². The molecular weight excluding hydrogens is 173 g/mol. The van der Waals surface area contributed by atoms with E-state index in [1.165, 1.54) is 0 Å². The monoisotopic (exact) mass is 188 g/mol. The predicted octanol–water partition coefficient (Wildman–Crippen LogP) is -5.92. The van der Waals surface area contributed by atoms with Gasteiger partial charge >= 0.3 is 0 Å². The second-order valence-corrected chi connectivity index (χ2v) is 3.74. The molecule has 2 aliphatic heterocycles. The highest BCUT2D eigenvalue weighted by Gasteiger charge is 2.20. The molecule has 5 N–H and O–H groups in total. The van der Waals surface area contributed by atoms with E-state index in [1.54, 1.807) is 0 Å². The van der Waals surface area contributed by atoms with Crippen LogP contribution in [0.4, 0.5) is 0 Å². The summed E-state index contributed by atoms with van der Waals surface area (Å²) in [6.07, 6.45) is 1.14. The van der Waals surface area contributed by atoms with Gasteiger partial charge in [-0.1, -0.05) is 0 Å². The minimum absolute atomic E-state index is 0.457. The van der Waals surface area contributed by atoms with Gasteiger partial charge in [0.05, 0.1) is 0 Å². The van der Waals surface area contributed by atoms with Gasteiger partial charge in [-0.3, -0.25) is 0 Å². The van der Waals surface area contributed by atoms with Crippen LogP contribution in [0.2, 0.25) is 6.32 Å². The Hall–Kier alpha value is 0.150. The van der Waals surface area contributed by atoms with Gasteiger partial charge in [0.25, 0.3) is 44.7 Å². The van der Waals surface area contributed by atoms with E-state index in [-0.39, 0.29) is 0 Å². The first-order chi connectivity index (χ1) is 6.95. The molecule has 0 amide bonds. The molecule has 14 heavy (non-hydrogen) atoms. The third kappa shape index (κ3) is 3.38. The lowest BCUT2D eigenvalue weighted by molar-refractivity contribution is 0.686. The Morgan fingerprint density at radius 3 is 2.36 bits per heavy atom. The average molecular weight is 187 g/mol. The molecule has 70 valence electrons. The Morgan fingerprint density at radius 2 is 1.64 bits per heavy atom. The summed E-state index contributed by atoms with van der Waals surface area (Å²) in [7, 11) is 4.75. The van der Waals surface area contributed by atoms with E-state index < -0.39 is 0 Å². The Bertz CT molecular complexity index is 140. The number of hydrogen-bond donors (Lipinski definition) is 5. The van der Waals surface area contributed by atoms with Gasteiger partial charge in [0.2, 0.25) is 0 Å². The highest BCUT2D eigenvalue weighted by molar-refractivity contribution is 6.75. The molecule has 0 aromatic heterocycles. The number of nitrogens with one attached hydrogen (secondary N) is 5. The van der Waals surface area contributed by atoms with Gasteiger partial charge in [-0.05, 0) is 12.9 Å². The Labute approximate surface area is 88.6 Å². The summed E-state index contributed by atoms with van der Waals surface area (Å²) in [5.41, 5.74) is 0. The first-order valence-electron chi connectivity index (χ1n) is 5.26. The molecule has 0 atom stereocenters. The summed E-state index contributed by atoms with van der Waals surface area (Å²) in [5.74, 6) is 0. The molecule has 6 nitrogen and oxygen atoms in total. The summed E-state index contributed by atoms with van der Waals surface area (Å²) in [6, 6.07) is 0. The topological polar surface area (TPSA) is 63.4 Å². The maximum Gasteiger partial charge on any atom is 0.285 e. The molecule has 2 heterocycles. The van der Waals surface area contributed by atoms with Crippen LogP contribution in [0.3, 0.4) is 0 Å². The summed E-state index contributed by atoms with van der Waals surface area (Å²) >= 11 is 0. The van der Waals surface area contributed by atoms with E-state index in [9.17, 15) is 0 Å². The predicted molar refractivity (Wildman–Crippen MR) is 68.7 cm³/mol. The van der Waals surface area contributed by atoms with Crippen LogP contribution in [-0.4, -0.2) is 56.0 Å². The SMILES string of the molecule is B1NBN(CCB2NBNBN2)BN1. The molecule has 2 fully saturated rings. The summed E-state index contributed by atoms with van der Waals surface area (Å²) in [6.45, 7) is 1.57. The van der Waals surface area contributed by atoms with Gasteiger partial charge < -0.3 is 30.4 Å². The molecule has 0 bridgehead atoms.